The zero-order valence-corrected chi connectivity index (χ0v) is 16.2. The van der Waals surface area contributed by atoms with Crippen molar-refractivity contribution in [2.45, 2.75) is 25.1 Å². The summed E-state index contributed by atoms with van der Waals surface area (Å²) in [6.07, 6.45) is 0.560. The molecular weight excluding hydrogens is 427 g/mol. The van der Waals surface area contributed by atoms with Gasteiger partial charge >= 0.3 is 12.1 Å². The van der Waals surface area contributed by atoms with Crippen LogP contribution in [0.5, 0.6) is 17.4 Å². The van der Waals surface area contributed by atoms with Gasteiger partial charge < -0.3 is 19.3 Å². The van der Waals surface area contributed by atoms with Crippen LogP contribution in [0.15, 0.2) is 36.5 Å². The number of halogens is 4. The van der Waals surface area contributed by atoms with E-state index in [1.807, 2.05) is 0 Å². The lowest BCUT2D eigenvalue weighted by molar-refractivity contribution is -0.138. The van der Waals surface area contributed by atoms with Gasteiger partial charge in [0.15, 0.2) is 0 Å². The number of hydrogen-bond acceptors (Lipinski definition) is 5. The van der Waals surface area contributed by atoms with Crippen LogP contribution in [0.2, 0.25) is 5.02 Å². The standard InChI is InChI=1S/C20H17ClF3NO5/c21-16-9-13(20(22,23)24)11-25-19(16)30-17-10-15(29-8-7-28-14-4-5-14)3-1-12(17)2-6-18(26)27/h1-3,6,9-11,14H,4-5,7-8H2,(H,26,27). The van der Waals surface area contributed by atoms with Gasteiger partial charge in [0.05, 0.1) is 18.3 Å². The summed E-state index contributed by atoms with van der Waals surface area (Å²) >= 11 is 5.90. The van der Waals surface area contributed by atoms with E-state index in [0.717, 1.165) is 18.9 Å². The highest BCUT2D eigenvalue weighted by Gasteiger charge is 2.32. The molecule has 10 heteroatoms. The van der Waals surface area contributed by atoms with Crippen LogP contribution >= 0.6 is 11.6 Å². The lowest BCUT2D eigenvalue weighted by Crippen LogP contribution is -2.08. The monoisotopic (exact) mass is 443 g/mol. The van der Waals surface area contributed by atoms with Crippen molar-refractivity contribution in [2.75, 3.05) is 13.2 Å². The molecule has 1 N–H and O–H groups in total. The van der Waals surface area contributed by atoms with Crippen molar-refractivity contribution in [3.8, 4) is 17.4 Å². The van der Waals surface area contributed by atoms with Gasteiger partial charge in [-0.2, -0.15) is 13.2 Å². The fraction of sp³-hybridized carbons (Fsp3) is 0.300. The number of aromatic nitrogens is 1. The number of nitrogens with zero attached hydrogens (tertiary/aromatic N) is 1. The van der Waals surface area contributed by atoms with Gasteiger partial charge in [-0.3, -0.25) is 0 Å². The average molecular weight is 444 g/mol. The van der Waals surface area contributed by atoms with Crippen LogP contribution in [-0.2, 0) is 15.7 Å². The number of rotatable bonds is 9. The largest absolute Gasteiger partial charge is 0.491 e. The molecule has 6 nitrogen and oxygen atoms in total. The molecule has 0 bridgehead atoms. The van der Waals surface area contributed by atoms with Gasteiger partial charge in [0.25, 0.3) is 0 Å². The molecule has 0 spiro atoms. The van der Waals surface area contributed by atoms with E-state index < -0.39 is 17.7 Å². The predicted octanol–water partition coefficient (Wildman–Crippen LogP) is 5.20. The van der Waals surface area contributed by atoms with E-state index in [0.29, 0.717) is 42.9 Å². The number of carboxylic acids is 1. The van der Waals surface area contributed by atoms with Crippen molar-refractivity contribution in [3.05, 3.63) is 52.7 Å². The molecule has 0 radical (unpaired) electrons. The number of carbonyl (C=O) groups is 1. The van der Waals surface area contributed by atoms with E-state index in [2.05, 4.69) is 4.98 Å². The van der Waals surface area contributed by atoms with Crippen molar-refractivity contribution in [2.24, 2.45) is 0 Å². The third-order valence-electron chi connectivity index (χ3n) is 3.96. The summed E-state index contributed by atoms with van der Waals surface area (Å²) in [5.74, 6) is -0.921. The Kier molecular flexibility index (Phi) is 6.84. The highest BCUT2D eigenvalue weighted by molar-refractivity contribution is 6.31. The number of alkyl halides is 3. The smallest absolute Gasteiger partial charge is 0.417 e. The minimum Gasteiger partial charge on any atom is -0.491 e. The molecule has 1 aromatic carbocycles. The van der Waals surface area contributed by atoms with Crippen LogP contribution in [0.4, 0.5) is 13.2 Å². The molecule has 0 atom stereocenters. The second-order valence-electron chi connectivity index (χ2n) is 6.40. The maximum Gasteiger partial charge on any atom is 0.417 e. The van der Waals surface area contributed by atoms with Gasteiger partial charge in [0.2, 0.25) is 5.88 Å². The average Bonchev–Trinajstić information content (AvgIpc) is 3.49. The summed E-state index contributed by atoms with van der Waals surface area (Å²) < 4.78 is 55.0. The summed E-state index contributed by atoms with van der Waals surface area (Å²) in [5, 5.41) is 8.50. The van der Waals surface area contributed by atoms with Gasteiger partial charge in [-0.15, -0.1) is 0 Å². The molecule has 1 saturated carbocycles. The van der Waals surface area contributed by atoms with Gasteiger partial charge in [-0.25, -0.2) is 9.78 Å². The summed E-state index contributed by atoms with van der Waals surface area (Å²) in [5.41, 5.74) is -0.671. The quantitative estimate of drug-likeness (QED) is 0.424. The Morgan fingerprint density at radius 1 is 1.27 bits per heavy atom. The van der Waals surface area contributed by atoms with Gasteiger partial charge in [-0.05, 0) is 37.1 Å². The molecule has 2 aromatic rings. The first-order valence-electron chi connectivity index (χ1n) is 8.92. The number of ether oxygens (including phenoxy) is 3. The first kappa shape index (κ1) is 21.9. The topological polar surface area (TPSA) is 77.9 Å². The van der Waals surface area contributed by atoms with E-state index in [1.54, 1.807) is 12.1 Å². The summed E-state index contributed by atoms with van der Waals surface area (Å²) in [4.78, 5) is 14.5. The maximum atomic E-state index is 12.8. The van der Waals surface area contributed by atoms with Crippen molar-refractivity contribution in [1.29, 1.82) is 0 Å². The lowest BCUT2D eigenvalue weighted by Gasteiger charge is -2.13. The third kappa shape index (κ3) is 6.36. The first-order chi connectivity index (χ1) is 14.2. The van der Waals surface area contributed by atoms with E-state index >= 15 is 0 Å². The molecule has 160 valence electrons. The summed E-state index contributed by atoms with van der Waals surface area (Å²) in [7, 11) is 0. The second kappa shape index (κ2) is 9.36. The van der Waals surface area contributed by atoms with Gasteiger partial charge in [-0.1, -0.05) is 11.6 Å². The van der Waals surface area contributed by atoms with Crippen molar-refractivity contribution < 1.29 is 37.3 Å². The van der Waals surface area contributed by atoms with Crippen molar-refractivity contribution >= 4 is 23.6 Å². The third-order valence-corrected chi connectivity index (χ3v) is 4.23. The Hall–Kier alpha value is -2.78. The molecule has 1 fully saturated rings. The molecule has 0 aliphatic heterocycles. The van der Waals surface area contributed by atoms with Crippen LogP contribution in [0.25, 0.3) is 6.08 Å². The minimum atomic E-state index is -4.60. The molecule has 1 aliphatic carbocycles. The zero-order valence-electron chi connectivity index (χ0n) is 15.5. The molecule has 1 aliphatic rings. The Morgan fingerprint density at radius 2 is 2.03 bits per heavy atom. The molecule has 0 amide bonds. The number of aliphatic carboxylic acids is 1. The van der Waals surface area contributed by atoms with Gasteiger partial charge in [0.1, 0.15) is 23.1 Å². The SMILES string of the molecule is O=C(O)C=Cc1ccc(OCCOC2CC2)cc1Oc1ncc(C(F)(F)F)cc1Cl. The van der Waals surface area contributed by atoms with Crippen LogP contribution in [0, 0.1) is 0 Å². The number of benzene rings is 1. The Balaban J connectivity index is 1.80. The van der Waals surface area contributed by atoms with E-state index in [-0.39, 0.29) is 16.7 Å². The lowest BCUT2D eigenvalue weighted by atomic mass is 10.1. The Labute approximate surface area is 174 Å². The fourth-order valence-corrected chi connectivity index (χ4v) is 2.57. The molecule has 1 aromatic heterocycles. The highest BCUT2D eigenvalue weighted by atomic mass is 35.5. The number of carboxylic acid groups (broad SMARTS) is 1. The van der Waals surface area contributed by atoms with Crippen LogP contribution in [-0.4, -0.2) is 35.4 Å². The number of pyridine rings is 1. The van der Waals surface area contributed by atoms with Crippen LogP contribution in [0.1, 0.15) is 24.0 Å². The molecule has 30 heavy (non-hydrogen) atoms. The van der Waals surface area contributed by atoms with Crippen molar-refractivity contribution in [1.82, 2.24) is 4.98 Å². The fourth-order valence-electron chi connectivity index (χ4n) is 2.36. The Morgan fingerprint density at radius 3 is 2.67 bits per heavy atom. The normalized spacial score (nSPS) is 14.1. The Bertz CT molecular complexity index is 945. The maximum absolute atomic E-state index is 12.8. The molecule has 0 unspecified atom stereocenters. The van der Waals surface area contributed by atoms with E-state index in [4.69, 9.17) is 30.9 Å². The van der Waals surface area contributed by atoms with E-state index in [9.17, 15) is 18.0 Å². The van der Waals surface area contributed by atoms with Crippen molar-refractivity contribution in [3.63, 3.8) is 0 Å². The molecular formula is C20H17ClF3NO5. The summed E-state index contributed by atoms with van der Waals surface area (Å²) in [6, 6.07) is 5.32. The zero-order chi connectivity index (χ0) is 21.7. The van der Waals surface area contributed by atoms with Crippen LogP contribution in [0.3, 0.4) is 0 Å². The number of hydrogen-bond donors (Lipinski definition) is 1. The van der Waals surface area contributed by atoms with E-state index in [1.165, 1.54) is 12.1 Å². The van der Waals surface area contributed by atoms with Crippen LogP contribution < -0.4 is 9.47 Å². The minimum absolute atomic E-state index is 0.113. The van der Waals surface area contributed by atoms with Gasteiger partial charge in [0, 0.05) is 23.9 Å². The molecule has 1 heterocycles. The predicted molar refractivity (Wildman–Crippen MR) is 102 cm³/mol. The molecule has 0 saturated heterocycles. The highest BCUT2D eigenvalue weighted by Crippen LogP contribution is 2.36. The first-order valence-corrected chi connectivity index (χ1v) is 9.30. The second-order valence-corrected chi connectivity index (χ2v) is 6.81. The molecule has 3 rings (SSSR count). The summed E-state index contributed by atoms with van der Waals surface area (Å²) in [6.45, 7) is 0.702.